The summed E-state index contributed by atoms with van der Waals surface area (Å²) in [5.41, 5.74) is 6.04. The Kier molecular flexibility index (Phi) is 7.69. The number of nitrogens with two attached hydrogens (primary N) is 1. The molecular formula is C19H36N4O2. The monoisotopic (exact) mass is 352 g/mol. The standard InChI is InChI=1S/C19H36N4O2/c1-3-21(4-2)15-18(25)23-12-10-22(11-13-23)17(24)14-19(16-20)8-6-5-7-9-19/h3-16,20H2,1-2H3. The van der Waals surface area contributed by atoms with Gasteiger partial charge in [-0.15, -0.1) is 0 Å². The smallest absolute Gasteiger partial charge is 0.236 e. The van der Waals surface area contributed by atoms with E-state index in [0.717, 1.165) is 25.9 Å². The molecule has 144 valence electrons. The number of hydrogen-bond donors (Lipinski definition) is 1. The summed E-state index contributed by atoms with van der Waals surface area (Å²) in [6.45, 7) is 9.65. The largest absolute Gasteiger partial charge is 0.339 e. The van der Waals surface area contributed by atoms with E-state index in [0.29, 0.717) is 45.7 Å². The van der Waals surface area contributed by atoms with Crippen molar-refractivity contribution >= 4 is 11.8 Å². The van der Waals surface area contributed by atoms with Crippen molar-refractivity contribution in [2.75, 3.05) is 52.4 Å². The molecule has 2 amide bonds. The van der Waals surface area contributed by atoms with Gasteiger partial charge < -0.3 is 15.5 Å². The van der Waals surface area contributed by atoms with Gasteiger partial charge in [0.15, 0.2) is 0 Å². The Morgan fingerprint density at radius 1 is 0.920 bits per heavy atom. The molecule has 1 heterocycles. The first kappa shape index (κ1) is 20.2. The average molecular weight is 353 g/mol. The summed E-state index contributed by atoms with van der Waals surface area (Å²) in [5.74, 6) is 0.407. The van der Waals surface area contributed by atoms with Crippen molar-refractivity contribution < 1.29 is 9.59 Å². The van der Waals surface area contributed by atoms with Gasteiger partial charge in [-0.25, -0.2) is 0 Å². The highest BCUT2D eigenvalue weighted by Crippen LogP contribution is 2.38. The quantitative estimate of drug-likeness (QED) is 0.750. The van der Waals surface area contributed by atoms with Crippen molar-refractivity contribution in [3.63, 3.8) is 0 Å². The van der Waals surface area contributed by atoms with Gasteiger partial charge >= 0.3 is 0 Å². The topological polar surface area (TPSA) is 69.9 Å². The van der Waals surface area contributed by atoms with E-state index >= 15 is 0 Å². The molecule has 0 unspecified atom stereocenters. The zero-order valence-electron chi connectivity index (χ0n) is 16.1. The minimum absolute atomic E-state index is 0.0189. The zero-order valence-corrected chi connectivity index (χ0v) is 16.1. The second kappa shape index (κ2) is 9.53. The molecule has 0 radical (unpaired) electrons. The van der Waals surface area contributed by atoms with E-state index in [-0.39, 0.29) is 17.2 Å². The third-order valence-electron chi connectivity index (χ3n) is 6.11. The summed E-state index contributed by atoms with van der Waals surface area (Å²) in [6.07, 6.45) is 6.39. The van der Waals surface area contributed by atoms with Crippen molar-refractivity contribution in [1.82, 2.24) is 14.7 Å². The van der Waals surface area contributed by atoms with Gasteiger partial charge in [0.1, 0.15) is 0 Å². The van der Waals surface area contributed by atoms with Crippen LogP contribution in [0.3, 0.4) is 0 Å². The second-order valence-electron chi connectivity index (χ2n) is 7.66. The van der Waals surface area contributed by atoms with Gasteiger partial charge in [0.25, 0.3) is 0 Å². The Bertz CT molecular complexity index is 437. The van der Waals surface area contributed by atoms with E-state index < -0.39 is 0 Å². The first-order valence-corrected chi connectivity index (χ1v) is 10.0. The summed E-state index contributed by atoms with van der Waals surface area (Å²) < 4.78 is 0. The molecule has 2 fully saturated rings. The highest BCUT2D eigenvalue weighted by molar-refractivity contribution is 5.80. The minimum atomic E-state index is 0.0189. The van der Waals surface area contributed by atoms with Crippen molar-refractivity contribution in [1.29, 1.82) is 0 Å². The molecule has 0 aromatic heterocycles. The predicted octanol–water partition coefficient (Wildman–Crippen LogP) is 1.30. The summed E-state index contributed by atoms with van der Waals surface area (Å²) >= 11 is 0. The highest BCUT2D eigenvalue weighted by atomic mass is 16.2. The third kappa shape index (κ3) is 5.42. The number of carbonyl (C=O) groups excluding carboxylic acids is 2. The van der Waals surface area contributed by atoms with E-state index in [9.17, 15) is 9.59 Å². The molecule has 0 aromatic carbocycles. The maximum absolute atomic E-state index is 12.7. The van der Waals surface area contributed by atoms with Crippen LogP contribution in [0.25, 0.3) is 0 Å². The molecule has 6 heteroatoms. The number of rotatable bonds is 7. The van der Waals surface area contributed by atoms with E-state index in [1.54, 1.807) is 0 Å². The van der Waals surface area contributed by atoms with Crippen molar-refractivity contribution in [2.45, 2.75) is 52.4 Å². The Balaban J connectivity index is 1.80. The fourth-order valence-corrected chi connectivity index (χ4v) is 4.13. The number of carbonyl (C=O) groups is 2. The molecule has 1 aliphatic carbocycles. The van der Waals surface area contributed by atoms with Gasteiger partial charge in [0.05, 0.1) is 6.54 Å². The lowest BCUT2D eigenvalue weighted by molar-refractivity contribution is -0.141. The molecule has 6 nitrogen and oxygen atoms in total. The number of likely N-dealkylation sites (N-methyl/N-ethyl adjacent to an activating group) is 1. The van der Waals surface area contributed by atoms with Crippen LogP contribution in [0.2, 0.25) is 0 Å². The molecule has 2 rings (SSSR count). The lowest BCUT2D eigenvalue weighted by atomic mass is 9.71. The lowest BCUT2D eigenvalue weighted by Crippen LogP contribution is -2.53. The van der Waals surface area contributed by atoms with Crippen molar-refractivity contribution in [3.8, 4) is 0 Å². The number of nitrogens with zero attached hydrogens (tertiary/aromatic N) is 3. The zero-order chi connectivity index (χ0) is 18.3. The van der Waals surface area contributed by atoms with Gasteiger partial charge in [0.2, 0.25) is 11.8 Å². The maximum atomic E-state index is 12.7. The molecule has 0 aromatic rings. The Hall–Kier alpha value is -1.14. The summed E-state index contributed by atoms with van der Waals surface area (Å²) in [6, 6.07) is 0. The van der Waals surface area contributed by atoms with Crippen LogP contribution >= 0.6 is 0 Å². The van der Waals surface area contributed by atoms with Crippen LogP contribution in [0.15, 0.2) is 0 Å². The number of hydrogen-bond acceptors (Lipinski definition) is 4. The van der Waals surface area contributed by atoms with Gasteiger partial charge in [-0.3, -0.25) is 14.5 Å². The summed E-state index contributed by atoms with van der Waals surface area (Å²) in [5, 5.41) is 0. The first-order chi connectivity index (χ1) is 12.0. The van der Waals surface area contributed by atoms with Crippen LogP contribution < -0.4 is 5.73 Å². The first-order valence-electron chi connectivity index (χ1n) is 10.0. The molecule has 2 N–H and O–H groups in total. The van der Waals surface area contributed by atoms with Gasteiger partial charge in [-0.1, -0.05) is 33.1 Å². The average Bonchev–Trinajstić information content (AvgIpc) is 2.66. The molecule has 2 aliphatic rings. The van der Waals surface area contributed by atoms with E-state index in [1.165, 1.54) is 19.3 Å². The van der Waals surface area contributed by atoms with Crippen LogP contribution in [0, 0.1) is 5.41 Å². The summed E-state index contributed by atoms with van der Waals surface area (Å²) in [7, 11) is 0. The van der Waals surface area contributed by atoms with Gasteiger partial charge in [-0.05, 0) is 37.9 Å². The fourth-order valence-electron chi connectivity index (χ4n) is 4.13. The Labute approximate surface area is 152 Å². The van der Waals surface area contributed by atoms with E-state index in [4.69, 9.17) is 5.73 Å². The molecular weight excluding hydrogens is 316 g/mol. The highest BCUT2D eigenvalue weighted by Gasteiger charge is 2.35. The SMILES string of the molecule is CCN(CC)CC(=O)N1CCN(C(=O)CC2(CN)CCCCC2)CC1. The second-order valence-corrected chi connectivity index (χ2v) is 7.66. The molecule has 0 spiro atoms. The third-order valence-corrected chi connectivity index (χ3v) is 6.11. The van der Waals surface area contributed by atoms with Crippen LogP contribution in [0.1, 0.15) is 52.4 Å². The number of piperazine rings is 1. The Morgan fingerprint density at radius 3 is 1.92 bits per heavy atom. The predicted molar refractivity (Wildman–Crippen MR) is 100 cm³/mol. The molecule has 0 atom stereocenters. The Morgan fingerprint density at radius 2 is 1.44 bits per heavy atom. The number of amides is 2. The maximum Gasteiger partial charge on any atom is 0.236 e. The van der Waals surface area contributed by atoms with Crippen molar-refractivity contribution in [3.05, 3.63) is 0 Å². The molecule has 0 bridgehead atoms. The van der Waals surface area contributed by atoms with Crippen LogP contribution in [0.4, 0.5) is 0 Å². The normalized spacial score (nSPS) is 20.8. The van der Waals surface area contributed by atoms with Crippen LogP contribution in [-0.2, 0) is 9.59 Å². The molecule has 1 saturated carbocycles. The van der Waals surface area contributed by atoms with E-state index in [1.807, 2.05) is 9.80 Å². The van der Waals surface area contributed by atoms with Crippen LogP contribution in [0.5, 0.6) is 0 Å². The van der Waals surface area contributed by atoms with Gasteiger partial charge in [0, 0.05) is 32.6 Å². The van der Waals surface area contributed by atoms with Crippen LogP contribution in [-0.4, -0.2) is 78.9 Å². The summed E-state index contributed by atoms with van der Waals surface area (Å²) in [4.78, 5) is 31.1. The minimum Gasteiger partial charge on any atom is -0.339 e. The lowest BCUT2D eigenvalue weighted by Gasteiger charge is -2.40. The van der Waals surface area contributed by atoms with Crippen molar-refractivity contribution in [2.24, 2.45) is 11.1 Å². The van der Waals surface area contributed by atoms with Gasteiger partial charge in [-0.2, -0.15) is 0 Å². The molecule has 1 aliphatic heterocycles. The fraction of sp³-hybridized carbons (Fsp3) is 0.895. The van der Waals surface area contributed by atoms with E-state index in [2.05, 4.69) is 18.7 Å². The molecule has 1 saturated heterocycles. The molecule has 25 heavy (non-hydrogen) atoms.